The molecule has 0 spiro atoms. The molecule has 0 amide bonds. The molecule has 0 bridgehead atoms. The van der Waals surface area contributed by atoms with Crippen LogP contribution >= 0.6 is 0 Å². The van der Waals surface area contributed by atoms with Crippen LogP contribution in [-0.2, 0) is 24.2 Å². The van der Waals surface area contributed by atoms with Gasteiger partial charge >= 0.3 is 29.6 Å². The predicted octanol–water partition coefficient (Wildman–Crippen LogP) is 3.27. The first-order valence-electron chi connectivity index (χ1n) is 14.0. The smallest absolute Gasteiger partial charge is 0.546 e. The second-order valence-corrected chi connectivity index (χ2v) is 10.2. The molecule has 0 unspecified atom stereocenters. The zero-order valence-corrected chi connectivity index (χ0v) is 26.2. The van der Waals surface area contributed by atoms with Gasteiger partial charge in [-0.05, 0) is 90.6 Å². The maximum Gasteiger partial charge on any atom is 1.00 e. The topological polar surface area (TPSA) is 63.5 Å². The van der Waals surface area contributed by atoms with Crippen molar-refractivity contribution in [3.8, 4) is 22.8 Å². The van der Waals surface area contributed by atoms with E-state index in [2.05, 4.69) is 60.0 Å². The van der Waals surface area contributed by atoms with E-state index in [1.165, 1.54) is 16.8 Å². The van der Waals surface area contributed by atoms with Crippen molar-refractivity contribution in [2.24, 2.45) is 0 Å². The van der Waals surface area contributed by atoms with Crippen LogP contribution in [-0.4, -0.2) is 23.2 Å². The third-order valence-electron chi connectivity index (χ3n) is 7.12. The normalized spacial score (nSPS) is 11.4. The van der Waals surface area contributed by atoms with Gasteiger partial charge in [-0.2, -0.15) is 0 Å². The molecule has 5 nitrogen and oxygen atoms in total. The van der Waals surface area contributed by atoms with Crippen molar-refractivity contribution in [1.29, 1.82) is 0 Å². The van der Waals surface area contributed by atoms with Crippen LogP contribution in [0.5, 0.6) is 11.5 Å². The minimum Gasteiger partial charge on any atom is -0.546 e. The van der Waals surface area contributed by atoms with Crippen LogP contribution in [0.15, 0.2) is 121 Å². The van der Waals surface area contributed by atoms with Crippen molar-refractivity contribution in [1.82, 2.24) is 4.57 Å². The number of benzene rings is 4. The number of hydrogen-bond acceptors (Lipinski definition) is 4. The first-order valence-corrected chi connectivity index (χ1v) is 14.0. The number of aryl methyl sites for hydroxylation is 1. The molecule has 4 aromatic carbocycles. The van der Waals surface area contributed by atoms with E-state index in [0.717, 1.165) is 42.0 Å². The SMILES string of the molecule is Cc1ccc(-c2ccc(O[C@H](Cc3ccccc3)C(=O)[O-])cc2)n1CCCOc1ccc(Cc2ccccc2)cc1.[Na+]. The fourth-order valence-electron chi connectivity index (χ4n) is 4.94. The molecule has 5 aromatic rings. The van der Waals surface area contributed by atoms with Gasteiger partial charge in [0.1, 0.15) is 17.6 Å². The number of carbonyl (C=O) groups is 1. The van der Waals surface area contributed by atoms with Gasteiger partial charge in [0.15, 0.2) is 0 Å². The summed E-state index contributed by atoms with van der Waals surface area (Å²) >= 11 is 0. The van der Waals surface area contributed by atoms with Crippen molar-refractivity contribution < 1.29 is 48.9 Å². The van der Waals surface area contributed by atoms with E-state index in [-0.39, 0.29) is 36.0 Å². The van der Waals surface area contributed by atoms with E-state index in [4.69, 9.17) is 9.47 Å². The van der Waals surface area contributed by atoms with E-state index in [1.54, 1.807) is 0 Å². The fourth-order valence-corrected chi connectivity index (χ4v) is 4.94. The Labute approximate surface area is 270 Å². The van der Waals surface area contributed by atoms with E-state index in [9.17, 15) is 9.90 Å². The standard InChI is InChI=1S/C36H35NO4.Na/c1-27-13-22-34(31-16-20-33(21-17-31)41-35(36(38)39)26-29-11-6-3-7-12-29)37(27)23-8-24-40-32-18-14-30(15-19-32)25-28-9-4-2-5-10-28;/h2-7,9-22,35H,8,23-26H2,1H3,(H,38,39);/q;+1/p-1/t35-;/m1./s1. The van der Waals surface area contributed by atoms with Gasteiger partial charge in [-0.15, -0.1) is 0 Å². The molecule has 0 N–H and O–H groups in total. The van der Waals surface area contributed by atoms with E-state index in [0.29, 0.717) is 12.4 Å². The minimum atomic E-state index is -1.23. The zero-order chi connectivity index (χ0) is 28.4. The van der Waals surface area contributed by atoms with Crippen molar-refractivity contribution in [2.45, 2.75) is 38.8 Å². The average Bonchev–Trinajstić information content (AvgIpc) is 3.37. The monoisotopic (exact) mass is 567 g/mol. The molecule has 1 heterocycles. The summed E-state index contributed by atoms with van der Waals surface area (Å²) in [4.78, 5) is 11.7. The Kier molecular flexibility index (Phi) is 11.5. The summed E-state index contributed by atoms with van der Waals surface area (Å²) in [5, 5.41) is 11.7. The molecule has 1 aromatic heterocycles. The molecule has 0 aliphatic rings. The average molecular weight is 568 g/mol. The molecule has 0 aliphatic heterocycles. The Hall–Kier alpha value is -3.77. The van der Waals surface area contributed by atoms with Gasteiger partial charge in [0.2, 0.25) is 0 Å². The molecular formula is C36H34NNaO4. The van der Waals surface area contributed by atoms with Crippen LogP contribution in [0.1, 0.15) is 28.8 Å². The Balaban J connectivity index is 0.00000405. The van der Waals surface area contributed by atoms with E-state index >= 15 is 0 Å². The summed E-state index contributed by atoms with van der Waals surface area (Å²) in [5.41, 5.74) is 6.75. The maximum absolute atomic E-state index is 11.7. The van der Waals surface area contributed by atoms with Crippen LogP contribution in [0, 0.1) is 6.92 Å². The second kappa shape index (κ2) is 15.5. The van der Waals surface area contributed by atoms with Crippen molar-refractivity contribution in [3.63, 3.8) is 0 Å². The third-order valence-corrected chi connectivity index (χ3v) is 7.12. The number of carboxylic acid groups (broad SMARTS) is 1. The van der Waals surface area contributed by atoms with Gasteiger partial charge in [0, 0.05) is 24.4 Å². The van der Waals surface area contributed by atoms with Gasteiger partial charge < -0.3 is 23.9 Å². The predicted molar refractivity (Wildman–Crippen MR) is 160 cm³/mol. The molecular weight excluding hydrogens is 533 g/mol. The second-order valence-electron chi connectivity index (χ2n) is 10.2. The van der Waals surface area contributed by atoms with E-state index in [1.807, 2.05) is 72.8 Å². The molecule has 208 valence electrons. The zero-order valence-electron chi connectivity index (χ0n) is 24.2. The van der Waals surface area contributed by atoms with Gasteiger partial charge in [-0.1, -0.05) is 72.8 Å². The molecule has 6 heteroatoms. The Morgan fingerprint density at radius 3 is 1.98 bits per heavy atom. The third kappa shape index (κ3) is 8.62. The van der Waals surface area contributed by atoms with Gasteiger partial charge in [0.25, 0.3) is 0 Å². The number of carboxylic acids is 1. The molecule has 1 atom stereocenters. The number of nitrogens with zero attached hydrogens (tertiary/aromatic N) is 1. The summed E-state index contributed by atoms with van der Waals surface area (Å²) in [6.45, 7) is 3.54. The molecule has 42 heavy (non-hydrogen) atoms. The summed E-state index contributed by atoms with van der Waals surface area (Å²) < 4.78 is 14.1. The summed E-state index contributed by atoms with van der Waals surface area (Å²) in [7, 11) is 0. The van der Waals surface area contributed by atoms with Crippen LogP contribution in [0.4, 0.5) is 0 Å². The number of aliphatic carboxylic acids is 1. The Morgan fingerprint density at radius 1 is 0.738 bits per heavy atom. The largest absolute Gasteiger partial charge is 1.00 e. The van der Waals surface area contributed by atoms with Crippen LogP contribution < -0.4 is 44.1 Å². The fraction of sp³-hybridized carbons (Fsp3) is 0.194. The molecule has 0 radical (unpaired) electrons. The van der Waals surface area contributed by atoms with Crippen LogP contribution in [0.2, 0.25) is 0 Å². The first-order chi connectivity index (χ1) is 20.0. The molecule has 5 rings (SSSR count). The minimum absolute atomic E-state index is 0. The Morgan fingerprint density at radius 2 is 1.33 bits per heavy atom. The number of carbonyl (C=O) groups excluding carboxylic acids is 1. The van der Waals surface area contributed by atoms with Crippen molar-refractivity contribution in [3.05, 3.63) is 144 Å². The van der Waals surface area contributed by atoms with Crippen molar-refractivity contribution in [2.75, 3.05) is 6.61 Å². The molecule has 0 saturated carbocycles. The number of aromatic nitrogens is 1. The summed E-state index contributed by atoms with van der Waals surface area (Å²) in [5.74, 6) is 0.147. The van der Waals surface area contributed by atoms with Crippen LogP contribution in [0.3, 0.4) is 0 Å². The van der Waals surface area contributed by atoms with E-state index < -0.39 is 12.1 Å². The molecule has 0 fully saturated rings. The van der Waals surface area contributed by atoms with Gasteiger partial charge in [-0.25, -0.2) is 0 Å². The number of rotatable bonds is 13. The summed E-state index contributed by atoms with van der Waals surface area (Å²) in [6.07, 6.45) is 0.957. The van der Waals surface area contributed by atoms with Crippen molar-refractivity contribution >= 4 is 5.97 Å². The first kappa shape index (κ1) is 31.2. The summed E-state index contributed by atoms with van der Waals surface area (Å²) in [6, 6.07) is 40.0. The quantitative estimate of drug-likeness (QED) is 0.162. The van der Waals surface area contributed by atoms with Gasteiger partial charge in [0.05, 0.1) is 12.6 Å². The molecule has 0 saturated heterocycles. The molecule has 0 aliphatic carbocycles. The van der Waals surface area contributed by atoms with Crippen LogP contribution in [0.25, 0.3) is 11.3 Å². The Bertz CT molecular complexity index is 1530. The number of hydrogen-bond donors (Lipinski definition) is 0. The number of ether oxygens (including phenoxy) is 2. The maximum atomic E-state index is 11.7. The van der Waals surface area contributed by atoms with Gasteiger partial charge in [-0.3, -0.25) is 0 Å².